The summed E-state index contributed by atoms with van der Waals surface area (Å²) in [6.07, 6.45) is 3.83. The SMILES string of the molecule is O=C(O)CCC(NC(=O)CCCCC1CCSS1)C(=O)NCCCS(=O)(=O)O. The second-order valence-corrected chi connectivity index (χ2v) is 10.9. The van der Waals surface area contributed by atoms with Crippen LogP contribution in [0, 0.1) is 0 Å². The Morgan fingerprint density at radius 3 is 2.50 bits per heavy atom. The molecule has 0 spiro atoms. The number of carbonyl (C=O) groups is 3. The predicted octanol–water partition coefficient (Wildman–Crippen LogP) is 1.44. The summed E-state index contributed by atoms with van der Waals surface area (Å²) in [5.74, 6) is -1.27. The summed E-state index contributed by atoms with van der Waals surface area (Å²) < 4.78 is 30.0. The number of hydrogen-bond donors (Lipinski definition) is 4. The van der Waals surface area contributed by atoms with E-state index in [-0.39, 0.29) is 38.1 Å². The molecule has 4 N–H and O–H groups in total. The first-order chi connectivity index (χ1) is 13.2. The largest absolute Gasteiger partial charge is 0.481 e. The van der Waals surface area contributed by atoms with Crippen LogP contribution in [0.4, 0.5) is 0 Å². The van der Waals surface area contributed by atoms with E-state index in [4.69, 9.17) is 9.66 Å². The molecule has 1 rings (SSSR count). The van der Waals surface area contributed by atoms with Gasteiger partial charge < -0.3 is 15.7 Å². The van der Waals surface area contributed by atoms with E-state index in [0.29, 0.717) is 11.7 Å². The molecule has 1 fully saturated rings. The summed E-state index contributed by atoms with van der Waals surface area (Å²) in [6, 6.07) is -0.990. The Morgan fingerprint density at radius 1 is 1.14 bits per heavy atom. The molecule has 0 radical (unpaired) electrons. The van der Waals surface area contributed by atoms with Crippen LogP contribution in [0.3, 0.4) is 0 Å². The van der Waals surface area contributed by atoms with Gasteiger partial charge in [0.25, 0.3) is 10.1 Å². The van der Waals surface area contributed by atoms with Crippen LogP contribution in [0.25, 0.3) is 0 Å². The van der Waals surface area contributed by atoms with Gasteiger partial charge in [-0.15, -0.1) is 0 Å². The third-order valence-corrected chi connectivity index (χ3v) is 7.90. The van der Waals surface area contributed by atoms with Gasteiger partial charge in [0.2, 0.25) is 11.8 Å². The molecule has 2 atom stereocenters. The monoisotopic (exact) mass is 456 g/mol. The van der Waals surface area contributed by atoms with Crippen molar-refractivity contribution in [2.45, 2.75) is 62.7 Å². The number of unbranched alkanes of at least 4 members (excludes halogenated alkanes) is 1. The molecular formula is C16H28N2O7S3. The zero-order chi connectivity index (χ0) is 21.0. The summed E-state index contributed by atoms with van der Waals surface area (Å²) in [7, 11) is -0.340. The maximum atomic E-state index is 12.2. The molecular weight excluding hydrogens is 428 g/mol. The number of aliphatic carboxylic acids is 1. The van der Waals surface area contributed by atoms with Gasteiger partial charge in [-0.05, 0) is 32.1 Å². The van der Waals surface area contributed by atoms with Gasteiger partial charge in [-0.2, -0.15) is 8.42 Å². The molecule has 0 aromatic heterocycles. The molecule has 2 amide bonds. The molecule has 28 heavy (non-hydrogen) atoms. The van der Waals surface area contributed by atoms with Gasteiger partial charge in [-0.25, -0.2) is 0 Å². The maximum Gasteiger partial charge on any atom is 0.303 e. The molecule has 0 aromatic rings. The van der Waals surface area contributed by atoms with Crippen LogP contribution in [0.15, 0.2) is 0 Å². The van der Waals surface area contributed by atoms with E-state index < -0.39 is 33.8 Å². The minimum absolute atomic E-state index is 0.00483. The molecule has 1 saturated heterocycles. The average Bonchev–Trinajstić information content (AvgIpc) is 3.11. The lowest BCUT2D eigenvalue weighted by atomic mass is 10.1. The summed E-state index contributed by atoms with van der Waals surface area (Å²) >= 11 is 0. The van der Waals surface area contributed by atoms with Crippen LogP contribution in [0.1, 0.15) is 51.4 Å². The highest BCUT2D eigenvalue weighted by Crippen LogP contribution is 2.39. The Labute approximate surface area is 173 Å². The van der Waals surface area contributed by atoms with E-state index in [9.17, 15) is 22.8 Å². The zero-order valence-electron chi connectivity index (χ0n) is 15.6. The number of amides is 2. The molecule has 0 bridgehead atoms. The van der Waals surface area contributed by atoms with Crippen LogP contribution < -0.4 is 10.6 Å². The van der Waals surface area contributed by atoms with Crippen molar-refractivity contribution in [1.29, 1.82) is 0 Å². The number of nitrogens with one attached hydrogen (secondary N) is 2. The van der Waals surface area contributed by atoms with E-state index in [1.807, 2.05) is 21.6 Å². The van der Waals surface area contributed by atoms with Crippen molar-refractivity contribution < 1.29 is 32.5 Å². The Morgan fingerprint density at radius 2 is 1.89 bits per heavy atom. The van der Waals surface area contributed by atoms with E-state index in [1.165, 1.54) is 12.2 Å². The number of hydrogen-bond acceptors (Lipinski definition) is 7. The molecule has 1 aliphatic heterocycles. The lowest BCUT2D eigenvalue weighted by Crippen LogP contribution is -2.47. The van der Waals surface area contributed by atoms with E-state index >= 15 is 0 Å². The van der Waals surface area contributed by atoms with Gasteiger partial charge in [0.1, 0.15) is 6.04 Å². The first kappa shape index (κ1) is 25.1. The second kappa shape index (κ2) is 13.3. The lowest BCUT2D eigenvalue weighted by molar-refractivity contribution is -0.138. The predicted molar refractivity (Wildman–Crippen MR) is 110 cm³/mol. The molecule has 1 heterocycles. The summed E-state index contributed by atoms with van der Waals surface area (Å²) in [6.45, 7) is -0.00483. The van der Waals surface area contributed by atoms with Crippen LogP contribution in [-0.4, -0.2) is 65.2 Å². The van der Waals surface area contributed by atoms with E-state index in [1.54, 1.807) is 0 Å². The van der Waals surface area contributed by atoms with Crippen molar-refractivity contribution in [1.82, 2.24) is 10.6 Å². The van der Waals surface area contributed by atoms with Crippen LogP contribution in [0.2, 0.25) is 0 Å². The first-order valence-electron chi connectivity index (χ1n) is 9.19. The van der Waals surface area contributed by atoms with Gasteiger partial charge in [-0.3, -0.25) is 18.9 Å². The number of carboxylic acid groups (broad SMARTS) is 1. The van der Waals surface area contributed by atoms with Crippen LogP contribution in [0.5, 0.6) is 0 Å². The fourth-order valence-electron chi connectivity index (χ4n) is 2.61. The Hall–Kier alpha value is -0.980. The van der Waals surface area contributed by atoms with Crippen molar-refractivity contribution in [3.8, 4) is 0 Å². The third kappa shape index (κ3) is 12.5. The van der Waals surface area contributed by atoms with Gasteiger partial charge in [-0.1, -0.05) is 28.0 Å². The molecule has 0 aliphatic carbocycles. The van der Waals surface area contributed by atoms with Crippen LogP contribution >= 0.6 is 21.6 Å². The summed E-state index contributed by atoms with van der Waals surface area (Å²) in [5, 5.41) is 14.5. The highest BCUT2D eigenvalue weighted by Gasteiger charge is 2.22. The summed E-state index contributed by atoms with van der Waals surface area (Å²) in [5.41, 5.74) is 0. The average molecular weight is 457 g/mol. The Balaban J connectivity index is 2.35. The van der Waals surface area contributed by atoms with Gasteiger partial charge >= 0.3 is 5.97 Å². The highest BCUT2D eigenvalue weighted by molar-refractivity contribution is 8.77. The van der Waals surface area contributed by atoms with Crippen molar-refractivity contribution >= 4 is 49.5 Å². The number of carboxylic acids is 1. The Kier molecular flexibility index (Phi) is 11.9. The molecule has 9 nitrogen and oxygen atoms in total. The van der Waals surface area contributed by atoms with Gasteiger partial charge in [0.15, 0.2) is 0 Å². The fourth-order valence-corrected chi connectivity index (χ4v) is 6.15. The third-order valence-electron chi connectivity index (χ3n) is 4.08. The van der Waals surface area contributed by atoms with Crippen molar-refractivity contribution in [2.24, 2.45) is 0 Å². The summed E-state index contributed by atoms with van der Waals surface area (Å²) in [4.78, 5) is 35.1. The van der Waals surface area contributed by atoms with Crippen molar-refractivity contribution in [3.63, 3.8) is 0 Å². The highest BCUT2D eigenvalue weighted by atomic mass is 33.1. The lowest BCUT2D eigenvalue weighted by Gasteiger charge is -2.18. The van der Waals surface area contributed by atoms with Crippen molar-refractivity contribution in [2.75, 3.05) is 18.1 Å². The van der Waals surface area contributed by atoms with Gasteiger partial charge in [0, 0.05) is 30.4 Å². The molecule has 0 aromatic carbocycles. The number of carbonyl (C=O) groups excluding carboxylic acids is 2. The zero-order valence-corrected chi connectivity index (χ0v) is 18.0. The Bertz CT molecular complexity index is 622. The van der Waals surface area contributed by atoms with Crippen molar-refractivity contribution in [3.05, 3.63) is 0 Å². The minimum Gasteiger partial charge on any atom is -0.481 e. The second-order valence-electron chi connectivity index (χ2n) is 6.56. The molecule has 0 saturated carbocycles. The molecule has 2 unspecified atom stereocenters. The van der Waals surface area contributed by atoms with E-state index in [2.05, 4.69) is 10.6 Å². The quantitative estimate of drug-likeness (QED) is 0.173. The van der Waals surface area contributed by atoms with Crippen LogP contribution in [-0.2, 0) is 24.5 Å². The molecule has 1 aliphatic rings. The smallest absolute Gasteiger partial charge is 0.303 e. The maximum absolute atomic E-state index is 12.2. The van der Waals surface area contributed by atoms with E-state index in [0.717, 1.165) is 12.8 Å². The standard InChI is InChI=1S/C16H28N2O7S3/c19-14(5-2-1-4-12-8-10-26-27-12)18-13(6-7-15(20)21)16(22)17-9-3-11-28(23,24)25/h12-13H,1-11H2,(H,17,22)(H,18,19)(H,20,21)(H,23,24,25). The molecule has 12 heteroatoms. The fraction of sp³-hybridized carbons (Fsp3) is 0.812. The topological polar surface area (TPSA) is 150 Å². The van der Waals surface area contributed by atoms with Gasteiger partial charge in [0.05, 0.1) is 5.75 Å². The molecule has 162 valence electrons. The number of rotatable bonds is 14. The normalized spacial score (nSPS) is 17.8. The first-order valence-corrected chi connectivity index (χ1v) is 13.2. The minimum atomic E-state index is -4.10.